The van der Waals surface area contributed by atoms with Crippen LogP contribution in [0.2, 0.25) is 0 Å². The molecular formula is C13H15F3N4S. The highest BCUT2D eigenvalue weighted by Gasteiger charge is 2.33. The van der Waals surface area contributed by atoms with E-state index in [-0.39, 0.29) is 17.8 Å². The van der Waals surface area contributed by atoms with Crippen molar-refractivity contribution in [3.8, 4) is 0 Å². The topological polar surface area (TPSA) is 49.8 Å². The molecule has 114 valence electrons. The highest BCUT2D eigenvalue weighted by Crippen LogP contribution is 2.31. The molecule has 2 N–H and O–H groups in total. The molecular weight excluding hydrogens is 301 g/mol. The first-order valence-electron chi connectivity index (χ1n) is 6.38. The van der Waals surface area contributed by atoms with E-state index >= 15 is 0 Å². The van der Waals surface area contributed by atoms with E-state index in [0.717, 1.165) is 17.4 Å². The number of halogens is 3. The molecule has 2 rings (SSSR count). The van der Waals surface area contributed by atoms with Gasteiger partial charge in [-0.3, -0.25) is 0 Å². The molecule has 0 aliphatic carbocycles. The Morgan fingerprint density at radius 1 is 1.33 bits per heavy atom. The summed E-state index contributed by atoms with van der Waals surface area (Å²) >= 11 is 1.55. The van der Waals surface area contributed by atoms with E-state index in [1.807, 2.05) is 24.4 Å². The molecule has 4 nitrogen and oxygen atoms in total. The third-order valence-electron chi connectivity index (χ3n) is 2.86. The number of thiophene rings is 1. The second-order valence-electron chi connectivity index (χ2n) is 4.33. The number of hydrogen-bond donors (Lipinski definition) is 2. The van der Waals surface area contributed by atoms with Crippen molar-refractivity contribution >= 4 is 23.1 Å². The molecule has 2 aromatic rings. The lowest BCUT2D eigenvalue weighted by Crippen LogP contribution is -2.15. The van der Waals surface area contributed by atoms with Crippen LogP contribution in [0, 0.1) is 0 Å². The van der Waals surface area contributed by atoms with Gasteiger partial charge in [-0.15, -0.1) is 11.3 Å². The van der Waals surface area contributed by atoms with E-state index in [1.54, 1.807) is 11.3 Å². The average molecular weight is 316 g/mol. The van der Waals surface area contributed by atoms with Crippen LogP contribution in [0.15, 0.2) is 23.6 Å². The molecule has 0 amide bonds. The summed E-state index contributed by atoms with van der Waals surface area (Å²) in [7, 11) is 1.48. The van der Waals surface area contributed by atoms with Crippen molar-refractivity contribution in [3.05, 3.63) is 34.2 Å². The Morgan fingerprint density at radius 3 is 2.62 bits per heavy atom. The van der Waals surface area contributed by atoms with Crippen LogP contribution in [0.25, 0.3) is 0 Å². The summed E-state index contributed by atoms with van der Waals surface area (Å²) in [6, 6.07) is 4.70. The lowest BCUT2D eigenvalue weighted by molar-refractivity contribution is -0.141. The molecule has 0 fully saturated rings. The van der Waals surface area contributed by atoms with Gasteiger partial charge < -0.3 is 10.6 Å². The minimum atomic E-state index is -4.50. The van der Waals surface area contributed by atoms with Crippen LogP contribution in [0.5, 0.6) is 0 Å². The fourth-order valence-corrected chi connectivity index (χ4v) is 2.68. The molecule has 21 heavy (non-hydrogen) atoms. The van der Waals surface area contributed by atoms with E-state index in [0.29, 0.717) is 0 Å². The first kappa shape index (κ1) is 15.6. The fraction of sp³-hybridized carbons (Fsp3) is 0.385. The molecule has 0 aromatic carbocycles. The molecule has 0 aliphatic rings. The maximum Gasteiger partial charge on any atom is 0.433 e. The van der Waals surface area contributed by atoms with Crippen LogP contribution in [0.4, 0.5) is 24.9 Å². The Hall–Kier alpha value is -1.83. The Bertz CT molecular complexity index is 584. The van der Waals surface area contributed by atoms with Gasteiger partial charge in [0.05, 0.1) is 6.04 Å². The molecule has 0 saturated carbocycles. The van der Waals surface area contributed by atoms with Crippen LogP contribution in [0.3, 0.4) is 0 Å². The predicted octanol–water partition coefficient (Wildman–Crippen LogP) is 4.16. The van der Waals surface area contributed by atoms with E-state index < -0.39 is 11.9 Å². The summed E-state index contributed by atoms with van der Waals surface area (Å²) in [4.78, 5) is 8.52. The van der Waals surface area contributed by atoms with E-state index in [2.05, 4.69) is 20.6 Å². The summed E-state index contributed by atoms with van der Waals surface area (Å²) in [6.45, 7) is 1.96. The lowest BCUT2D eigenvalue weighted by atomic mass is 10.2. The van der Waals surface area contributed by atoms with Crippen molar-refractivity contribution in [2.75, 3.05) is 17.7 Å². The zero-order valence-electron chi connectivity index (χ0n) is 11.5. The number of rotatable bonds is 5. The zero-order chi connectivity index (χ0) is 15.5. The maximum atomic E-state index is 12.8. The SMILES string of the molecule is CCC(Nc1cc(C(F)(F)F)nc(NC)n1)c1cccs1. The maximum absolute atomic E-state index is 12.8. The molecule has 0 aliphatic heterocycles. The van der Waals surface area contributed by atoms with Crippen LogP contribution < -0.4 is 10.6 Å². The second-order valence-corrected chi connectivity index (χ2v) is 5.31. The molecule has 2 heterocycles. The first-order chi connectivity index (χ1) is 9.94. The summed E-state index contributed by atoms with van der Waals surface area (Å²) in [5.74, 6) is 0.0929. The number of nitrogens with zero attached hydrogens (tertiary/aromatic N) is 2. The third-order valence-corrected chi connectivity index (χ3v) is 3.84. The Kier molecular flexibility index (Phi) is 4.66. The van der Waals surface area contributed by atoms with Crippen molar-refractivity contribution in [3.63, 3.8) is 0 Å². The Labute approximate surface area is 124 Å². The minimum absolute atomic E-state index is 0.0617. The van der Waals surface area contributed by atoms with Gasteiger partial charge in [0.2, 0.25) is 5.95 Å². The molecule has 0 spiro atoms. The lowest BCUT2D eigenvalue weighted by Gasteiger charge is -2.17. The van der Waals surface area contributed by atoms with E-state index in [1.165, 1.54) is 7.05 Å². The number of nitrogens with one attached hydrogen (secondary N) is 2. The standard InChI is InChI=1S/C13H15F3N4S/c1-3-8(9-5-4-6-21-9)18-11-7-10(13(14,15)16)19-12(17-2)20-11/h4-8H,3H2,1-2H3,(H2,17,18,19,20). The van der Waals surface area contributed by atoms with Crippen LogP contribution in [0.1, 0.15) is 30.0 Å². The van der Waals surface area contributed by atoms with Gasteiger partial charge in [0, 0.05) is 18.0 Å². The number of anilines is 2. The fourth-order valence-electron chi connectivity index (χ4n) is 1.82. The molecule has 1 unspecified atom stereocenters. The molecule has 2 aromatic heterocycles. The molecule has 0 saturated heterocycles. The van der Waals surface area contributed by atoms with Crippen molar-refractivity contribution in [2.24, 2.45) is 0 Å². The minimum Gasteiger partial charge on any atom is -0.362 e. The predicted molar refractivity (Wildman–Crippen MR) is 77.6 cm³/mol. The highest BCUT2D eigenvalue weighted by atomic mass is 32.1. The second kappa shape index (κ2) is 6.30. The van der Waals surface area contributed by atoms with Crippen molar-refractivity contribution in [1.82, 2.24) is 9.97 Å². The molecule has 0 radical (unpaired) electrons. The normalized spacial score (nSPS) is 13.0. The van der Waals surface area contributed by atoms with Crippen molar-refractivity contribution in [1.29, 1.82) is 0 Å². The summed E-state index contributed by atoms with van der Waals surface area (Å²) in [5.41, 5.74) is -0.967. The summed E-state index contributed by atoms with van der Waals surface area (Å²) in [6.07, 6.45) is -3.77. The highest BCUT2D eigenvalue weighted by molar-refractivity contribution is 7.10. The Balaban J connectivity index is 2.30. The van der Waals surface area contributed by atoms with Gasteiger partial charge in [-0.25, -0.2) is 4.98 Å². The van der Waals surface area contributed by atoms with Crippen molar-refractivity contribution in [2.45, 2.75) is 25.6 Å². The smallest absolute Gasteiger partial charge is 0.362 e. The Morgan fingerprint density at radius 2 is 2.10 bits per heavy atom. The van der Waals surface area contributed by atoms with E-state index in [9.17, 15) is 13.2 Å². The van der Waals surface area contributed by atoms with Gasteiger partial charge in [0.15, 0.2) is 5.69 Å². The summed E-state index contributed by atoms with van der Waals surface area (Å²) in [5, 5.41) is 7.51. The molecule has 0 bridgehead atoms. The van der Waals surface area contributed by atoms with Gasteiger partial charge in [-0.05, 0) is 17.9 Å². The van der Waals surface area contributed by atoms with Gasteiger partial charge in [0.1, 0.15) is 5.82 Å². The largest absolute Gasteiger partial charge is 0.433 e. The third kappa shape index (κ3) is 3.84. The number of alkyl halides is 3. The molecule has 8 heteroatoms. The number of hydrogen-bond acceptors (Lipinski definition) is 5. The molecule has 1 atom stereocenters. The zero-order valence-corrected chi connectivity index (χ0v) is 12.3. The van der Waals surface area contributed by atoms with Crippen LogP contribution in [-0.2, 0) is 6.18 Å². The quantitative estimate of drug-likeness (QED) is 0.869. The summed E-state index contributed by atoms with van der Waals surface area (Å²) < 4.78 is 38.5. The van der Waals surface area contributed by atoms with Gasteiger partial charge in [-0.1, -0.05) is 13.0 Å². The van der Waals surface area contributed by atoms with Crippen LogP contribution >= 0.6 is 11.3 Å². The van der Waals surface area contributed by atoms with Crippen molar-refractivity contribution < 1.29 is 13.2 Å². The van der Waals surface area contributed by atoms with Gasteiger partial charge >= 0.3 is 6.18 Å². The van der Waals surface area contributed by atoms with Gasteiger partial charge in [-0.2, -0.15) is 18.2 Å². The van der Waals surface area contributed by atoms with Crippen LogP contribution in [-0.4, -0.2) is 17.0 Å². The van der Waals surface area contributed by atoms with Gasteiger partial charge in [0.25, 0.3) is 0 Å². The monoisotopic (exact) mass is 316 g/mol. The number of aromatic nitrogens is 2. The van der Waals surface area contributed by atoms with E-state index in [4.69, 9.17) is 0 Å². The average Bonchev–Trinajstić information content (AvgIpc) is 2.97. The first-order valence-corrected chi connectivity index (χ1v) is 7.26.